The van der Waals surface area contributed by atoms with Crippen LogP contribution in [-0.4, -0.2) is 11.7 Å². The summed E-state index contributed by atoms with van der Waals surface area (Å²) in [6.07, 6.45) is 2.22. The van der Waals surface area contributed by atoms with Gasteiger partial charge in [-0.15, -0.1) is 0 Å². The molecule has 3 aromatic carbocycles. The Hall–Kier alpha value is -4.31. The quantitative estimate of drug-likeness (QED) is 0.330. The van der Waals surface area contributed by atoms with E-state index in [0.717, 1.165) is 34.3 Å². The second-order valence-electron chi connectivity index (χ2n) is 8.41. The summed E-state index contributed by atoms with van der Waals surface area (Å²) in [5.41, 5.74) is 3.98. The Kier molecular flexibility index (Phi) is 4.73. The van der Waals surface area contributed by atoms with Crippen molar-refractivity contribution in [2.75, 3.05) is 7.11 Å². The van der Waals surface area contributed by atoms with Crippen LogP contribution in [0.3, 0.4) is 0 Å². The van der Waals surface area contributed by atoms with Crippen LogP contribution < -0.4 is 15.5 Å². The molecule has 4 nitrogen and oxygen atoms in total. The molecule has 34 heavy (non-hydrogen) atoms. The number of hydrogen-bond acceptors (Lipinski definition) is 3. The third kappa shape index (κ3) is 3.19. The fraction of sp³-hybridized carbons (Fsp3) is 0.100. The summed E-state index contributed by atoms with van der Waals surface area (Å²) in [4.78, 5) is 12.1. The van der Waals surface area contributed by atoms with Crippen molar-refractivity contribution in [3.8, 4) is 28.4 Å². The van der Waals surface area contributed by atoms with Crippen molar-refractivity contribution >= 4 is 27.8 Å². The molecule has 0 bridgehead atoms. The van der Waals surface area contributed by atoms with Gasteiger partial charge in [0.15, 0.2) is 5.43 Å². The minimum atomic E-state index is -0.0741. The molecule has 0 unspecified atom stereocenters. The van der Waals surface area contributed by atoms with Crippen LogP contribution in [0.1, 0.15) is 12.5 Å². The number of aryl methyl sites for hydroxylation is 1. The maximum atomic E-state index is 12.1. The molecule has 0 N–H and O–H groups in total. The van der Waals surface area contributed by atoms with Gasteiger partial charge in [0.05, 0.1) is 7.11 Å². The molecule has 0 amide bonds. The van der Waals surface area contributed by atoms with Gasteiger partial charge in [-0.2, -0.15) is 0 Å². The SMILES string of the molecule is CCn1c(=Cc2cc(-c3ccc(OC)cc3)oc3cc(=O)ccc2-3)c2cccc3cccc1c32. The van der Waals surface area contributed by atoms with E-state index < -0.39 is 0 Å². The molecule has 0 fully saturated rings. The average Bonchev–Trinajstić information content (AvgIpc) is 3.18. The highest BCUT2D eigenvalue weighted by molar-refractivity contribution is 6.10. The molecule has 4 heteroatoms. The van der Waals surface area contributed by atoms with E-state index in [1.165, 1.54) is 21.7 Å². The number of hydrogen-bond donors (Lipinski definition) is 0. The molecule has 0 atom stereocenters. The summed E-state index contributed by atoms with van der Waals surface area (Å²) in [5, 5.41) is 4.88. The molecule has 4 aromatic rings. The molecule has 0 radical (unpaired) electrons. The monoisotopic (exact) mass is 445 g/mol. The third-order valence-electron chi connectivity index (χ3n) is 6.49. The first-order valence-electron chi connectivity index (χ1n) is 11.4. The van der Waals surface area contributed by atoms with E-state index in [1.807, 2.05) is 30.3 Å². The molecule has 0 spiro atoms. The maximum absolute atomic E-state index is 12.1. The lowest BCUT2D eigenvalue weighted by Crippen LogP contribution is -2.15. The standard InChI is InChI=1S/C30H23NO3/c1-3-31-26-9-5-7-20-6-4-8-25(30(20)26)27(31)16-21-17-28(19-10-13-23(33-2)14-11-19)34-29-18-22(32)12-15-24(21)29/h4-18H,3H2,1-2H3. The molecule has 0 saturated carbocycles. The second-order valence-corrected chi connectivity index (χ2v) is 8.41. The number of rotatable bonds is 4. The predicted molar refractivity (Wildman–Crippen MR) is 137 cm³/mol. The van der Waals surface area contributed by atoms with Crippen molar-refractivity contribution < 1.29 is 9.15 Å². The van der Waals surface area contributed by atoms with Crippen molar-refractivity contribution in [3.63, 3.8) is 0 Å². The number of nitrogens with zero attached hydrogens (tertiary/aromatic N) is 1. The highest BCUT2D eigenvalue weighted by Gasteiger charge is 2.16. The summed E-state index contributed by atoms with van der Waals surface area (Å²) in [5.74, 6) is 2.05. The number of methoxy groups -OCH3 is 1. The van der Waals surface area contributed by atoms with Crippen LogP contribution >= 0.6 is 0 Å². The van der Waals surface area contributed by atoms with E-state index in [-0.39, 0.29) is 5.43 Å². The van der Waals surface area contributed by atoms with E-state index in [2.05, 4.69) is 60.0 Å². The summed E-state index contributed by atoms with van der Waals surface area (Å²) in [6, 6.07) is 27.7. The first-order chi connectivity index (χ1) is 16.7. The molecular formula is C30H23NO3. The van der Waals surface area contributed by atoms with E-state index in [9.17, 15) is 4.79 Å². The molecule has 1 aliphatic heterocycles. The zero-order chi connectivity index (χ0) is 23.2. The Labute approximate surface area is 196 Å². The Morgan fingerprint density at radius 2 is 1.71 bits per heavy atom. The largest absolute Gasteiger partial charge is 0.497 e. The Morgan fingerprint density at radius 3 is 2.47 bits per heavy atom. The average molecular weight is 446 g/mol. The minimum Gasteiger partial charge on any atom is -0.497 e. The molecule has 2 aliphatic rings. The van der Waals surface area contributed by atoms with Crippen molar-refractivity contribution in [2.45, 2.75) is 13.5 Å². The van der Waals surface area contributed by atoms with Crippen molar-refractivity contribution in [2.24, 2.45) is 0 Å². The van der Waals surface area contributed by atoms with Crippen LogP contribution in [0.25, 0.3) is 50.4 Å². The molecule has 0 saturated heterocycles. The van der Waals surface area contributed by atoms with Crippen molar-refractivity contribution in [3.05, 3.63) is 106 Å². The zero-order valence-corrected chi connectivity index (χ0v) is 19.0. The topological polar surface area (TPSA) is 44.4 Å². The van der Waals surface area contributed by atoms with E-state index in [4.69, 9.17) is 9.15 Å². The van der Waals surface area contributed by atoms with Crippen LogP contribution in [0.4, 0.5) is 0 Å². The molecular weight excluding hydrogens is 422 g/mol. The van der Waals surface area contributed by atoms with Gasteiger partial charge in [0.1, 0.15) is 17.3 Å². The molecule has 1 aromatic heterocycles. The molecule has 2 heterocycles. The summed E-state index contributed by atoms with van der Waals surface area (Å²) in [6.45, 7) is 3.02. The van der Waals surface area contributed by atoms with Crippen LogP contribution in [-0.2, 0) is 6.54 Å². The zero-order valence-electron chi connectivity index (χ0n) is 19.0. The van der Waals surface area contributed by atoms with Crippen LogP contribution in [0, 0.1) is 0 Å². The predicted octanol–water partition coefficient (Wildman–Crippen LogP) is 6.10. The fourth-order valence-corrected chi connectivity index (χ4v) is 4.89. The highest BCUT2D eigenvalue weighted by atomic mass is 16.5. The molecule has 166 valence electrons. The van der Waals surface area contributed by atoms with Crippen LogP contribution in [0.15, 0.2) is 94.1 Å². The van der Waals surface area contributed by atoms with Crippen molar-refractivity contribution in [1.82, 2.24) is 4.57 Å². The smallest absolute Gasteiger partial charge is 0.182 e. The number of ether oxygens (including phenoxy) is 1. The third-order valence-corrected chi connectivity index (χ3v) is 6.49. The van der Waals surface area contributed by atoms with Crippen molar-refractivity contribution in [1.29, 1.82) is 0 Å². The van der Waals surface area contributed by atoms with Gasteiger partial charge in [0.2, 0.25) is 0 Å². The van der Waals surface area contributed by atoms with E-state index in [1.54, 1.807) is 19.2 Å². The number of aromatic nitrogens is 1. The van der Waals surface area contributed by atoms with E-state index in [0.29, 0.717) is 11.5 Å². The first-order valence-corrected chi connectivity index (χ1v) is 11.4. The summed E-state index contributed by atoms with van der Waals surface area (Å²) in [7, 11) is 1.65. The fourth-order valence-electron chi connectivity index (χ4n) is 4.89. The Morgan fingerprint density at radius 1 is 0.912 bits per heavy atom. The number of fused-ring (bicyclic) bond motifs is 1. The van der Waals surface area contributed by atoms with Gasteiger partial charge in [-0.3, -0.25) is 4.79 Å². The Bertz CT molecular complexity index is 1730. The molecule has 6 rings (SSSR count). The van der Waals surface area contributed by atoms with Crippen LogP contribution in [0.2, 0.25) is 0 Å². The maximum Gasteiger partial charge on any atom is 0.182 e. The van der Waals surface area contributed by atoms with Gasteiger partial charge >= 0.3 is 0 Å². The lowest BCUT2D eigenvalue weighted by atomic mass is 10.0. The Balaban J connectivity index is 1.68. The summed E-state index contributed by atoms with van der Waals surface area (Å²) >= 11 is 0. The lowest BCUT2D eigenvalue weighted by molar-refractivity contribution is 0.415. The van der Waals surface area contributed by atoms with Crippen LogP contribution in [0.5, 0.6) is 5.75 Å². The van der Waals surface area contributed by atoms with Gasteiger partial charge in [0, 0.05) is 45.4 Å². The van der Waals surface area contributed by atoms with Gasteiger partial charge < -0.3 is 13.7 Å². The minimum absolute atomic E-state index is 0.0741. The lowest BCUT2D eigenvalue weighted by Gasteiger charge is -2.12. The molecule has 1 aliphatic carbocycles. The van der Waals surface area contributed by atoms with E-state index >= 15 is 0 Å². The van der Waals surface area contributed by atoms with Gasteiger partial charge in [0.25, 0.3) is 0 Å². The van der Waals surface area contributed by atoms with Gasteiger partial charge in [-0.25, -0.2) is 0 Å². The van der Waals surface area contributed by atoms with Gasteiger partial charge in [-0.05, 0) is 72.5 Å². The first kappa shape index (κ1) is 20.3. The number of benzene rings is 4. The second kappa shape index (κ2) is 7.92. The normalized spacial score (nSPS) is 12.2. The highest BCUT2D eigenvalue weighted by Crippen LogP contribution is 2.33. The summed E-state index contributed by atoms with van der Waals surface area (Å²) < 4.78 is 13.8. The van der Waals surface area contributed by atoms with Gasteiger partial charge in [-0.1, -0.05) is 30.3 Å².